The lowest BCUT2D eigenvalue weighted by atomic mass is 10.1. The molecule has 0 aromatic rings. The van der Waals surface area contributed by atoms with Gasteiger partial charge < -0.3 is 5.32 Å². The van der Waals surface area contributed by atoms with Gasteiger partial charge in [-0.25, -0.2) is 12.7 Å². The molecule has 5 heteroatoms. The summed E-state index contributed by atoms with van der Waals surface area (Å²) in [5.74, 6) is 0.284. The van der Waals surface area contributed by atoms with E-state index in [1.165, 1.54) is 17.1 Å². The molecule has 0 saturated carbocycles. The molecular formula is C11H24N2O2S. The number of likely N-dealkylation sites (N-methyl/N-ethyl adjacent to an activating group) is 1. The van der Waals surface area contributed by atoms with Crippen molar-refractivity contribution in [2.45, 2.75) is 45.1 Å². The number of unbranched alkanes of at least 4 members (excludes halogenated alkanes) is 1. The van der Waals surface area contributed by atoms with Gasteiger partial charge in [-0.05, 0) is 25.8 Å². The largest absolute Gasteiger partial charge is 0.313 e. The summed E-state index contributed by atoms with van der Waals surface area (Å²) in [5.41, 5.74) is 0. The van der Waals surface area contributed by atoms with Crippen LogP contribution in [-0.4, -0.2) is 44.7 Å². The van der Waals surface area contributed by atoms with E-state index in [4.69, 9.17) is 0 Å². The number of piperidine rings is 1. The molecule has 1 rings (SSSR count). The third-order valence-electron chi connectivity index (χ3n) is 3.12. The standard InChI is InChI=1S/C11H24N2O2S/c1-3-4-9-16(14,15)13(2)10-11-7-5-6-8-12-11/h11-12H,3-10H2,1-2H3. The van der Waals surface area contributed by atoms with Gasteiger partial charge in [0, 0.05) is 19.6 Å². The second-order valence-corrected chi connectivity index (χ2v) is 6.79. The molecular weight excluding hydrogens is 224 g/mol. The average Bonchev–Trinajstić information content (AvgIpc) is 2.28. The highest BCUT2D eigenvalue weighted by Crippen LogP contribution is 2.10. The number of nitrogens with zero attached hydrogens (tertiary/aromatic N) is 1. The van der Waals surface area contributed by atoms with Crippen molar-refractivity contribution in [3.05, 3.63) is 0 Å². The van der Waals surface area contributed by atoms with Crippen LogP contribution in [0.5, 0.6) is 0 Å². The molecule has 1 aliphatic heterocycles. The summed E-state index contributed by atoms with van der Waals surface area (Å²) in [6.45, 7) is 3.65. The average molecular weight is 248 g/mol. The van der Waals surface area contributed by atoms with E-state index in [2.05, 4.69) is 5.32 Å². The van der Waals surface area contributed by atoms with E-state index in [1.54, 1.807) is 7.05 Å². The van der Waals surface area contributed by atoms with Gasteiger partial charge in [-0.2, -0.15) is 0 Å². The number of rotatable bonds is 6. The zero-order chi connectivity index (χ0) is 12.0. The molecule has 1 heterocycles. The topological polar surface area (TPSA) is 49.4 Å². The van der Waals surface area contributed by atoms with Gasteiger partial charge in [-0.15, -0.1) is 0 Å². The van der Waals surface area contributed by atoms with Crippen LogP contribution in [0.25, 0.3) is 0 Å². The minimum absolute atomic E-state index is 0.284. The van der Waals surface area contributed by atoms with Crippen LogP contribution in [0.1, 0.15) is 39.0 Å². The van der Waals surface area contributed by atoms with Crippen molar-refractivity contribution >= 4 is 10.0 Å². The van der Waals surface area contributed by atoms with Crippen molar-refractivity contribution in [2.24, 2.45) is 0 Å². The van der Waals surface area contributed by atoms with Crippen LogP contribution >= 0.6 is 0 Å². The van der Waals surface area contributed by atoms with Crippen LogP contribution < -0.4 is 5.32 Å². The van der Waals surface area contributed by atoms with Gasteiger partial charge in [-0.3, -0.25) is 0 Å². The second-order valence-electron chi connectivity index (χ2n) is 4.60. The van der Waals surface area contributed by atoms with Crippen molar-refractivity contribution in [3.63, 3.8) is 0 Å². The first-order valence-electron chi connectivity index (χ1n) is 6.23. The molecule has 0 radical (unpaired) electrons. The van der Waals surface area contributed by atoms with Crippen LogP contribution in [0.4, 0.5) is 0 Å². The van der Waals surface area contributed by atoms with Crippen molar-refractivity contribution < 1.29 is 8.42 Å². The molecule has 0 bridgehead atoms. The van der Waals surface area contributed by atoms with E-state index in [0.717, 1.165) is 25.8 Å². The first-order valence-corrected chi connectivity index (χ1v) is 7.84. The summed E-state index contributed by atoms with van der Waals surface area (Å²) in [7, 11) is -1.33. The van der Waals surface area contributed by atoms with Crippen molar-refractivity contribution in [3.8, 4) is 0 Å². The summed E-state index contributed by atoms with van der Waals surface area (Å²) in [5, 5.41) is 3.37. The predicted octanol–water partition coefficient (Wildman–Crippen LogP) is 1.19. The molecule has 0 amide bonds. The molecule has 0 spiro atoms. The number of sulfonamides is 1. The Labute approximate surface area is 99.5 Å². The first-order chi connectivity index (χ1) is 7.56. The maximum atomic E-state index is 11.9. The fraction of sp³-hybridized carbons (Fsp3) is 1.00. The quantitative estimate of drug-likeness (QED) is 0.768. The summed E-state index contributed by atoms with van der Waals surface area (Å²) in [6, 6.07) is 0.343. The monoisotopic (exact) mass is 248 g/mol. The molecule has 1 N–H and O–H groups in total. The number of nitrogens with one attached hydrogen (secondary N) is 1. The molecule has 1 atom stereocenters. The van der Waals surface area contributed by atoms with Gasteiger partial charge in [0.1, 0.15) is 0 Å². The third-order valence-corrected chi connectivity index (χ3v) is 5.02. The van der Waals surface area contributed by atoms with Gasteiger partial charge in [0.2, 0.25) is 10.0 Å². The van der Waals surface area contributed by atoms with Crippen molar-refractivity contribution in [2.75, 3.05) is 25.9 Å². The van der Waals surface area contributed by atoms with E-state index in [9.17, 15) is 8.42 Å². The first kappa shape index (κ1) is 13.9. The lowest BCUT2D eigenvalue weighted by molar-refractivity contribution is 0.337. The zero-order valence-electron chi connectivity index (χ0n) is 10.4. The van der Waals surface area contributed by atoms with E-state index < -0.39 is 10.0 Å². The molecule has 1 aliphatic rings. The van der Waals surface area contributed by atoms with E-state index in [1.807, 2.05) is 6.92 Å². The molecule has 1 unspecified atom stereocenters. The maximum Gasteiger partial charge on any atom is 0.213 e. The van der Waals surface area contributed by atoms with Gasteiger partial charge in [0.25, 0.3) is 0 Å². The summed E-state index contributed by atoms with van der Waals surface area (Å²) >= 11 is 0. The number of hydrogen-bond acceptors (Lipinski definition) is 3. The third kappa shape index (κ3) is 4.39. The molecule has 16 heavy (non-hydrogen) atoms. The predicted molar refractivity (Wildman–Crippen MR) is 67.0 cm³/mol. The maximum absolute atomic E-state index is 11.9. The Kier molecular flexibility index (Phi) is 5.72. The summed E-state index contributed by atoms with van der Waals surface area (Å²) in [6.07, 6.45) is 5.19. The summed E-state index contributed by atoms with van der Waals surface area (Å²) < 4.78 is 25.2. The lowest BCUT2D eigenvalue weighted by Gasteiger charge is -2.27. The smallest absolute Gasteiger partial charge is 0.213 e. The van der Waals surface area contributed by atoms with Crippen molar-refractivity contribution in [1.29, 1.82) is 0 Å². The number of hydrogen-bond donors (Lipinski definition) is 1. The molecule has 1 fully saturated rings. The zero-order valence-corrected chi connectivity index (χ0v) is 11.2. The Hall–Kier alpha value is -0.130. The van der Waals surface area contributed by atoms with E-state index in [-0.39, 0.29) is 5.75 Å². The molecule has 1 saturated heterocycles. The van der Waals surface area contributed by atoms with Gasteiger partial charge in [0.15, 0.2) is 0 Å². The van der Waals surface area contributed by atoms with Crippen LogP contribution in [0.15, 0.2) is 0 Å². The minimum Gasteiger partial charge on any atom is -0.313 e. The summed E-state index contributed by atoms with van der Waals surface area (Å²) in [4.78, 5) is 0. The van der Waals surface area contributed by atoms with E-state index in [0.29, 0.717) is 12.6 Å². The van der Waals surface area contributed by atoms with E-state index >= 15 is 0 Å². The Morgan fingerprint density at radius 3 is 2.69 bits per heavy atom. The highest BCUT2D eigenvalue weighted by Gasteiger charge is 2.22. The molecule has 0 aromatic heterocycles. The molecule has 0 aliphatic carbocycles. The van der Waals surface area contributed by atoms with Crippen molar-refractivity contribution in [1.82, 2.24) is 9.62 Å². The Bertz CT molecular complexity index is 284. The fourth-order valence-electron chi connectivity index (χ4n) is 1.99. The van der Waals surface area contributed by atoms with Gasteiger partial charge in [-0.1, -0.05) is 19.8 Å². The molecule has 0 aromatic carbocycles. The van der Waals surface area contributed by atoms with Gasteiger partial charge >= 0.3 is 0 Å². The molecule has 96 valence electrons. The fourth-order valence-corrected chi connectivity index (χ4v) is 3.36. The van der Waals surface area contributed by atoms with Crippen LogP contribution in [-0.2, 0) is 10.0 Å². The van der Waals surface area contributed by atoms with Crippen LogP contribution in [0.3, 0.4) is 0 Å². The highest BCUT2D eigenvalue weighted by molar-refractivity contribution is 7.89. The highest BCUT2D eigenvalue weighted by atomic mass is 32.2. The van der Waals surface area contributed by atoms with Crippen LogP contribution in [0.2, 0.25) is 0 Å². The second kappa shape index (κ2) is 6.57. The normalized spacial score (nSPS) is 22.6. The Morgan fingerprint density at radius 2 is 2.12 bits per heavy atom. The lowest BCUT2D eigenvalue weighted by Crippen LogP contribution is -2.44. The molecule has 4 nitrogen and oxygen atoms in total. The minimum atomic E-state index is -3.03. The van der Waals surface area contributed by atoms with Crippen LogP contribution in [0, 0.1) is 0 Å². The SMILES string of the molecule is CCCCS(=O)(=O)N(C)CC1CCCCN1. The Morgan fingerprint density at radius 1 is 1.38 bits per heavy atom. The van der Waals surface area contributed by atoms with Gasteiger partial charge in [0.05, 0.1) is 5.75 Å². The Balaban J connectivity index is 2.40.